The lowest BCUT2D eigenvalue weighted by atomic mass is 10.1. The summed E-state index contributed by atoms with van der Waals surface area (Å²) in [6, 6.07) is 15.1. The van der Waals surface area contributed by atoms with Crippen LogP contribution in [0.25, 0.3) is 0 Å². The molecular weight excluding hydrogens is 328 g/mol. The van der Waals surface area contributed by atoms with Gasteiger partial charge in [0.2, 0.25) is 5.91 Å². The van der Waals surface area contributed by atoms with Crippen LogP contribution < -0.4 is 10.1 Å². The Morgan fingerprint density at radius 2 is 1.77 bits per heavy atom. The average molecular weight is 352 g/mol. The summed E-state index contributed by atoms with van der Waals surface area (Å²) in [5.74, 6) is 0.882. The summed E-state index contributed by atoms with van der Waals surface area (Å²) in [7, 11) is 0. The van der Waals surface area contributed by atoms with Gasteiger partial charge in [0.15, 0.2) is 0 Å². The maximum atomic E-state index is 12.2. The molecule has 1 aliphatic rings. The molecule has 26 heavy (non-hydrogen) atoms. The molecule has 5 nitrogen and oxygen atoms in total. The van der Waals surface area contributed by atoms with Crippen LogP contribution >= 0.6 is 0 Å². The van der Waals surface area contributed by atoms with Crippen molar-refractivity contribution in [2.45, 2.75) is 32.9 Å². The molecule has 2 aromatic carbocycles. The molecule has 5 heteroatoms. The Labute approximate surface area is 154 Å². The van der Waals surface area contributed by atoms with Gasteiger partial charge in [-0.25, -0.2) is 0 Å². The Morgan fingerprint density at radius 3 is 2.38 bits per heavy atom. The summed E-state index contributed by atoms with van der Waals surface area (Å²) >= 11 is 0. The van der Waals surface area contributed by atoms with Gasteiger partial charge in [0.1, 0.15) is 5.75 Å². The summed E-state index contributed by atoms with van der Waals surface area (Å²) in [5, 5.41) is 2.92. The van der Waals surface area contributed by atoms with E-state index in [1.165, 1.54) is 0 Å². The molecule has 0 atom stereocenters. The van der Waals surface area contributed by atoms with Crippen molar-refractivity contribution in [2.75, 3.05) is 13.2 Å². The molecule has 3 rings (SSSR count). The zero-order valence-electron chi connectivity index (χ0n) is 15.0. The summed E-state index contributed by atoms with van der Waals surface area (Å²) in [4.78, 5) is 25.8. The fraction of sp³-hybridized carbons (Fsp3) is 0.333. The second kappa shape index (κ2) is 8.52. The van der Waals surface area contributed by atoms with E-state index in [4.69, 9.17) is 4.74 Å². The number of carbonyl (C=O) groups is 2. The minimum Gasteiger partial charge on any atom is -0.494 e. The van der Waals surface area contributed by atoms with Crippen molar-refractivity contribution in [3.05, 3.63) is 65.2 Å². The molecule has 0 aliphatic carbocycles. The number of amides is 2. The van der Waals surface area contributed by atoms with Crippen molar-refractivity contribution in [1.82, 2.24) is 10.2 Å². The second-order valence-corrected chi connectivity index (χ2v) is 6.38. The van der Waals surface area contributed by atoms with Crippen LogP contribution in [0.3, 0.4) is 0 Å². The fourth-order valence-electron chi connectivity index (χ4n) is 3.01. The normalized spacial score (nSPS) is 13.7. The molecule has 1 N–H and O–H groups in total. The first-order chi connectivity index (χ1) is 12.7. The fourth-order valence-corrected chi connectivity index (χ4v) is 3.01. The van der Waals surface area contributed by atoms with E-state index >= 15 is 0 Å². The van der Waals surface area contributed by atoms with Crippen LogP contribution in [0.15, 0.2) is 48.5 Å². The Hall–Kier alpha value is -2.82. The van der Waals surface area contributed by atoms with Crippen LogP contribution in [0.5, 0.6) is 5.75 Å². The van der Waals surface area contributed by atoms with Crippen molar-refractivity contribution in [2.24, 2.45) is 0 Å². The van der Waals surface area contributed by atoms with Gasteiger partial charge in [-0.05, 0) is 48.7 Å². The third-order valence-corrected chi connectivity index (χ3v) is 4.45. The molecule has 2 amide bonds. The number of likely N-dealkylation sites (tertiary alicyclic amines) is 1. The van der Waals surface area contributed by atoms with Crippen LogP contribution in [-0.4, -0.2) is 29.9 Å². The molecule has 1 saturated heterocycles. The number of hydrogen-bond acceptors (Lipinski definition) is 3. The summed E-state index contributed by atoms with van der Waals surface area (Å²) in [6.45, 7) is 4.51. The Balaban J connectivity index is 1.51. The van der Waals surface area contributed by atoms with Gasteiger partial charge in [0, 0.05) is 31.6 Å². The first-order valence-electron chi connectivity index (χ1n) is 9.02. The molecule has 136 valence electrons. The van der Waals surface area contributed by atoms with Crippen molar-refractivity contribution in [1.29, 1.82) is 0 Å². The highest BCUT2D eigenvalue weighted by Crippen LogP contribution is 2.15. The third-order valence-electron chi connectivity index (χ3n) is 4.45. The highest BCUT2D eigenvalue weighted by Gasteiger charge is 2.19. The van der Waals surface area contributed by atoms with E-state index in [2.05, 4.69) is 5.32 Å². The summed E-state index contributed by atoms with van der Waals surface area (Å²) < 4.78 is 5.38. The Bertz CT molecular complexity index is 754. The smallest absolute Gasteiger partial charge is 0.251 e. The van der Waals surface area contributed by atoms with E-state index in [0.717, 1.165) is 29.8 Å². The SMILES string of the molecule is CCOc1ccc(C(=O)NCc2ccc(CN3CCCC3=O)cc2)cc1. The van der Waals surface area contributed by atoms with Gasteiger partial charge >= 0.3 is 0 Å². The number of ether oxygens (including phenoxy) is 1. The predicted molar refractivity (Wildman–Crippen MR) is 99.9 cm³/mol. The van der Waals surface area contributed by atoms with Gasteiger partial charge in [-0.2, -0.15) is 0 Å². The molecule has 1 heterocycles. The molecule has 1 aliphatic heterocycles. The molecule has 2 aromatic rings. The van der Waals surface area contributed by atoms with E-state index in [1.54, 1.807) is 24.3 Å². The number of carbonyl (C=O) groups excluding carboxylic acids is 2. The quantitative estimate of drug-likeness (QED) is 0.833. The number of nitrogens with zero attached hydrogens (tertiary/aromatic N) is 1. The topological polar surface area (TPSA) is 58.6 Å². The van der Waals surface area contributed by atoms with Gasteiger partial charge in [-0.3, -0.25) is 9.59 Å². The molecule has 0 radical (unpaired) electrons. The zero-order chi connectivity index (χ0) is 18.4. The van der Waals surface area contributed by atoms with Crippen molar-refractivity contribution >= 4 is 11.8 Å². The van der Waals surface area contributed by atoms with Crippen LogP contribution in [0.1, 0.15) is 41.3 Å². The van der Waals surface area contributed by atoms with E-state index in [1.807, 2.05) is 36.1 Å². The number of nitrogens with one attached hydrogen (secondary N) is 1. The molecule has 0 aromatic heterocycles. The lowest BCUT2D eigenvalue weighted by molar-refractivity contribution is -0.128. The van der Waals surface area contributed by atoms with E-state index < -0.39 is 0 Å². The average Bonchev–Trinajstić information content (AvgIpc) is 3.06. The summed E-state index contributed by atoms with van der Waals surface area (Å²) in [5.41, 5.74) is 2.75. The maximum absolute atomic E-state index is 12.2. The monoisotopic (exact) mass is 352 g/mol. The van der Waals surface area contributed by atoms with Crippen molar-refractivity contribution in [3.8, 4) is 5.75 Å². The largest absolute Gasteiger partial charge is 0.494 e. The highest BCUT2D eigenvalue weighted by molar-refractivity contribution is 5.94. The molecule has 0 unspecified atom stereocenters. The maximum Gasteiger partial charge on any atom is 0.251 e. The first-order valence-corrected chi connectivity index (χ1v) is 9.02. The van der Waals surface area contributed by atoms with Crippen LogP contribution in [0.4, 0.5) is 0 Å². The minimum absolute atomic E-state index is 0.111. The molecule has 0 bridgehead atoms. The van der Waals surface area contributed by atoms with E-state index in [9.17, 15) is 9.59 Å². The van der Waals surface area contributed by atoms with Gasteiger partial charge in [-0.15, -0.1) is 0 Å². The van der Waals surface area contributed by atoms with Gasteiger partial charge < -0.3 is 15.0 Å². The lowest BCUT2D eigenvalue weighted by Crippen LogP contribution is -2.24. The van der Waals surface area contributed by atoms with Crippen molar-refractivity contribution < 1.29 is 14.3 Å². The van der Waals surface area contributed by atoms with E-state index in [0.29, 0.717) is 31.7 Å². The van der Waals surface area contributed by atoms with Crippen LogP contribution in [-0.2, 0) is 17.9 Å². The zero-order valence-corrected chi connectivity index (χ0v) is 15.0. The number of hydrogen-bond donors (Lipinski definition) is 1. The second-order valence-electron chi connectivity index (χ2n) is 6.38. The van der Waals surface area contributed by atoms with Gasteiger partial charge in [-0.1, -0.05) is 24.3 Å². The molecule has 1 fully saturated rings. The lowest BCUT2D eigenvalue weighted by Gasteiger charge is -2.15. The Morgan fingerprint density at radius 1 is 1.08 bits per heavy atom. The third kappa shape index (κ3) is 4.63. The van der Waals surface area contributed by atoms with Crippen LogP contribution in [0.2, 0.25) is 0 Å². The van der Waals surface area contributed by atoms with Crippen molar-refractivity contribution in [3.63, 3.8) is 0 Å². The highest BCUT2D eigenvalue weighted by atomic mass is 16.5. The standard InChI is InChI=1S/C21H24N2O3/c1-2-26-19-11-9-18(10-12-19)21(25)22-14-16-5-7-17(8-6-16)15-23-13-3-4-20(23)24/h5-12H,2-4,13-15H2,1H3,(H,22,25). The minimum atomic E-state index is -0.111. The van der Waals surface area contributed by atoms with Gasteiger partial charge in [0.05, 0.1) is 6.61 Å². The van der Waals surface area contributed by atoms with E-state index in [-0.39, 0.29) is 11.8 Å². The molecule has 0 saturated carbocycles. The molecular formula is C21H24N2O3. The van der Waals surface area contributed by atoms with Gasteiger partial charge in [0.25, 0.3) is 5.91 Å². The Kier molecular flexibility index (Phi) is 5.89. The first kappa shape index (κ1) is 18.0. The predicted octanol–water partition coefficient (Wildman–Crippen LogP) is 3.14. The van der Waals surface area contributed by atoms with Crippen LogP contribution in [0, 0.1) is 0 Å². The summed E-state index contributed by atoms with van der Waals surface area (Å²) in [6.07, 6.45) is 1.62. The molecule has 0 spiro atoms. The number of benzene rings is 2. The number of rotatable bonds is 7.